The summed E-state index contributed by atoms with van der Waals surface area (Å²) in [5.41, 5.74) is 2.10. The van der Waals surface area contributed by atoms with Crippen molar-refractivity contribution in [2.24, 2.45) is 4.99 Å². The Morgan fingerprint density at radius 2 is 1.88 bits per heavy atom. The minimum atomic E-state index is -0.669. The van der Waals surface area contributed by atoms with Gasteiger partial charge in [0.05, 0.1) is 5.57 Å². The van der Waals surface area contributed by atoms with E-state index in [0.717, 1.165) is 11.3 Å². The lowest BCUT2D eigenvalue weighted by molar-refractivity contribution is -0.144. The molecule has 6 nitrogen and oxygen atoms in total. The zero-order valence-corrected chi connectivity index (χ0v) is 14.1. The van der Waals surface area contributed by atoms with Crippen molar-refractivity contribution in [3.8, 4) is 0 Å². The van der Waals surface area contributed by atoms with Crippen molar-refractivity contribution < 1.29 is 14.3 Å². The zero-order valence-electron chi connectivity index (χ0n) is 14.1. The van der Waals surface area contributed by atoms with Crippen molar-refractivity contribution in [3.63, 3.8) is 0 Å². The van der Waals surface area contributed by atoms with Gasteiger partial charge in [-0.2, -0.15) is 0 Å². The van der Waals surface area contributed by atoms with Crippen LogP contribution in [-0.4, -0.2) is 23.4 Å². The van der Waals surface area contributed by atoms with Crippen LogP contribution in [0.4, 0.5) is 5.69 Å². The Hall–Kier alpha value is -2.89. The number of carbonyl (C=O) groups excluding carboxylic acids is 2. The normalized spacial score (nSPS) is 21.4. The Labute approximate surface area is 140 Å². The summed E-state index contributed by atoms with van der Waals surface area (Å²) in [5, 5.41) is 5.71. The highest BCUT2D eigenvalue weighted by atomic mass is 16.6. The number of amides is 1. The Kier molecular flexibility index (Phi) is 3.75. The Balaban J connectivity index is 1.96. The third-order valence-electron chi connectivity index (χ3n) is 4.27. The van der Waals surface area contributed by atoms with E-state index >= 15 is 0 Å². The van der Waals surface area contributed by atoms with Crippen LogP contribution in [0.15, 0.2) is 57.7 Å². The Bertz CT molecular complexity index is 817. The molecular weight excluding hydrogens is 306 g/mol. The minimum Gasteiger partial charge on any atom is -0.451 e. The van der Waals surface area contributed by atoms with Gasteiger partial charge >= 0.3 is 5.97 Å². The van der Waals surface area contributed by atoms with Crippen molar-refractivity contribution in [2.45, 2.75) is 33.3 Å². The number of nitrogens with zero attached hydrogens (tertiary/aromatic N) is 1. The largest absolute Gasteiger partial charge is 0.451 e. The van der Waals surface area contributed by atoms with Crippen LogP contribution in [0.3, 0.4) is 0 Å². The predicted molar refractivity (Wildman–Crippen MR) is 91.2 cm³/mol. The fourth-order valence-corrected chi connectivity index (χ4v) is 2.70. The van der Waals surface area contributed by atoms with Crippen LogP contribution in [0.1, 0.15) is 27.7 Å². The number of guanidine groups is 1. The molecule has 0 saturated heterocycles. The highest BCUT2D eigenvalue weighted by molar-refractivity contribution is 6.17. The van der Waals surface area contributed by atoms with E-state index < -0.39 is 11.6 Å². The lowest BCUT2D eigenvalue weighted by Crippen LogP contribution is -2.30. The maximum atomic E-state index is 12.2. The molecule has 0 bridgehead atoms. The molecule has 1 aromatic carbocycles. The van der Waals surface area contributed by atoms with Crippen molar-refractivity contribution in [3.05, 3.63) is 52.7 Å². The highest BCUT2D eigenvalue weighted by Crippen LogP contribution is 2.36. The van der Waals surface area contributed by atoms with Crippen molar-refractivity contribution in [1.82, 2.24) is 5.32 Å². The summed E-state index contributed by atoms with van der Waals surface area (Å²) in [6.07, 6.45) is 0. The molecule has 6 heteroatoms. The highest BCUT2D eigenvalue weighted by Gasteiger charge is 2.40. The second-order valence-electron chi connectivity index (χ2n) is 6.28. The first-order valence-corrected chi connectivity index (χ1v) is 7.67. The third-order valence-corrected chi connectivity index (χ3v) is 4.27. The zero-order chi connectivity index (χ0) is 17.5. The SMILES string of the molecule is CC1=C(/C(C)=C2\N=C(Nc3ccccc3)NC2=O)C(=O)OC1(C)C. The summed E-state index contributed by atoms with van der Waals surface area (Å²) in [5.74, 6) is -0.428. The summed E-state index contributed by atoms with van der Waals surface area (Å²) >= 11 is 0. The van der Waals surface area contributed by atoms with Gasteiger partial charge in [0, 0.05) is 5.69 Å². The summed E-state index contributed by atoms with van der Waals surface area (Å²) in [4.78, 5) is 28.7. The summed E-state index contributed by atoms with van der Waals surface area (Å²) < 4.78 is 5.37. The van der Waals surface area contributed by atoms with E-state index in [1.165, 1.54) is 0 Å². The average Bonchev–Trinajstić information content (AvgIpc) is 2.97. The molecule has 0 atom stereocenters. The van der Waals surface area contributed by atoms with E-state index in [4.69, 9.17) is 4.74 Å². The molecule has 0 spiro atoms. The molecule has 0 saturated carbocycles. The molecule has 2 aliphatic rings. The topological polar surface area (TPSA) is 79.8 Å². The summed E-state index contributed by atoms with van der Waals surface area (Å²) in [7, 11) is 0. The number of para-hydroxylation sites is 1. The molecule has 1 aromatic rings. The number of hydrogen-bond acceptors (Lipinski definition) is 5. The standard InChI is InChI=1S/C18H19N3O3/c1-10(13-11(2)18(3,4)24-16(13)23)14-15(22)21-17(20-14)19-12-8-6-5-7-9-12/h5-9H,1-4H3,(H2,19,20,21,22)/b14-10-. The molecule has 24 heavy (non-hydrogen) atoms. The van der Waals surface area contributed by atoms with Gasteiger partial charge in [-0.1, -0.05) is 18.2 Å². The Morgan fingerprint density at radius 3 is 2.46 bits per heavy atom. The third kappa shape index (κ3) is 2.71. The van der Waals surface area contributed by atoms with Crippen molar-refractivity contribution >= 4 is 23.5 Å². The molecule has 124 valence electrons. The lowest BCUT2D eigenvalue weighted by Gasteiger charge is -2.18. The van der Waals surface area contributed by atoms with Gasteiger partial charge in [-0.25, -0.2) is 9.79 Å². The van der Waals surface area contributed by atoms with Crippen LogP contribution >= 0.6 is 0 Å². The first-order valence-electron chi connectivity index (χ1n) is 7.67. The molecule has 1 amide bonds. The van der Waals surface area contributed by atoms with Gasteiger partial charge in [-0.05, 0) is 51.0 Å². The van der Waals surface area contributed by atoms with E-state index in [0.29, 0.717) is 17.1 Å². The van der Waals surface area contributed by atoms with Crippen LogP contribution in [0, 0.1) is 0 Å². The first-order chi connectivity index (χ1) is 11.3. The predicted octanol–water partition coefficient (Wildman–Crippen LogP) is 2.51. The van der Waals surface area contributed by atoms with E-state index in [2.05, 4.69) is 15.6 Å². The molecule has 0 unspecified atom stereocenters. The van der Waals surface area contributed by atoms with Crippen molar-refractivity contribution in [1.29, 1.82) is 0 Å². The molecule has 3 rings (SSSR count). The van der Waals surface area contributed by atoms with Gasteiger partial charge in [-0.15, -0.1) is 0 Å². The van der Waals surface area contributed by atoms with Crippen LogP contribution in [-0.2, 0) is 14.3 Å². The number of aliphatic imine (C=N–C) groups is 1. The van der Waals surface area contributed by atoms with Crippen molar-refractivity contribution in [2.75, 3.05) is 5.32 Å². The number of esters is 1. The van der Waals surface area contributed by atoms with Gasteiger partial charge in [0.2, 0.25) is 5.96 Å². The van der Waals surface area contributed by atoms with Gasteiger partial charge < -0.3 is 10.1 Å². The number of rotatable bonds is 2. The van der Waals surface area contributed by atoms with Gasteiger partial charge in [0.15, 0.2) is 0 Å². The second kappa shape index (κ2) is 5.63. The molecule has 2 aliphatic heterocycles. The van der Waals surface area contributed by atoms with Crippen LogP contribution in [0.25, 0.3) is 0 Å². The number of nitrogens with one attached hydrogen (secondary N) is 2. The van der Waals surface area contributed by atoms with Crippen LogP contribution < -0.4 is 10.6 Å². The fraction of sp³-hybridized carbons (Fsp3) is 0.278. The van der Waals surface area contributed by atoms with Gasteiger partial charge in [0.1, 0.15) is 11.3 Å². The van der Waals surface area contributed by atoms with E-state index in [1.54, 1.807) is 6.92 Å². The number of benzene rings is 1. The first kappa shape index (κ1) is 16.0. The average molecular weight is 325 g/mol. The number of carbonyl (C=O) groups is 2. The summed E-state index contributed by atoms with van der Waals surface area (Å²) in [6, 6.07) is 9.40. The molecule has 2 N–H and O–H groups in total. The smallest absolute Gasteiger partial charge is 0.339 e. The number of ether oxygens (including phenoxy) is 1. The van der Waals surface area contributed by atoms with E-state index in [-0.39, 0.29) is 11.6 Å². The molecule has 0 fully saturated rings. The number of anilines is 1. The maximum absolute atomic E-state index is 12.2. The van der Waals surface area contributed by atoms with Gasteiger partial charge in [0.25, 0.3) is 5.91 Å². The van der Waals surface area contributed by atoms with Gasteiger partial charge in [-0.3, -0.25) is 10.1 Å². The second-order valence-corrected chi connectivity index (χ2v) is 6.28. The summed E-state index contributed by atoms with van der Waals surface area (Å²) in [6.45, 7) is 7.20. The maximum Gasteiger partial charge on any atom is 0.339 e. The monoisotopic (exact) mass is 325 g/mol. The number of hydrogen-bond donors (Lipinski definition) is 2. The lowest BCUT2D eigenvalue weighted by atomic mass is 9.93. The molecular formula is C18H19N3O3. The number of cyclic esters (lactones) is 1. The van der Waals surface area contributed by atoms with Crippen LogP contribution in [0.5, 0.6) is 0 Å². The molecule has 0 aromatic heterocycles. The Morgan fingerprint density at radius 1 is 1.21 bits per heavy atom. The minimum absolute atomic E-state index is 0.220. The van der Waals surface area contributed by atoms with E-state index in [1.807, 2.05) is 51.1 Å². The fourth-order valence-electron chi connectivity index (χ4n) is 2.70. The molecule has 0 radical (unpaired) electrons. The molecule has 0 aliphatic carbocycles. The molecule has 2 heterocycles. The van der Waals surface area contributed by atoms with E-state index in [9.17, 15) is 9.59 Å². The van der Waals surface area contributed by atoms with Crippen LogP contribution in [0.2, 0.25) is 0 Å². The quantitative estimate of drug-likeness (QED) is 0.647.